The fraction of sp³-hybridized carbons (Fsp3) is 0.632. The van der Waals surface area contributed by atoms with E-state index < -0.39 is 0 Å². The second-order valence-corrected chi connectivity index (χ2v) is 6.51. The Morgan fingerprint density at radius 1 is 1.16 bits per heavy atom. The highest BCUT2D eigenvalue weighted by Crippen LogP contribution is 2.21. The van der Waals surface area contributed by atoms with Gasteiger partial charge in [-0.2, -0.15) is 0 Å². The van der Waals surface area contributed by atoms with Gasteiger partial charge in [0.05, 0.1) is 33.0 Å². The monoisotopic (exact) mass is 348 g/mol. The van der Waals surface area contributed by atoms with Crippen molar-refractivity contribution in [1.82, 2.24) is 9.80 Å². The van der Waals surface area contributed by atoms with E-state index >= 15 is 0 Å². The van der Waals surface area contributed by atoms with Crippen LogP contribution in [-0.4, -0.2) is 74.9 Å². The van der Waals surface area contributed by atoms with Gasteiger partial charge in [-0.25, -0.2) is 0 Å². The number of methoxy groups -OCH3 is 1. The third-order valence-corrected chi connectivity index (χ3v) is 4.89. The molecule has 0 radical (unpaired) electrons. The summed E-state index contributed by atoms with van der Waals surface area (Å²) in [5.74, 6) is 1.95. The SMILES string of the molecule is COc1ccc(OCCCN2CCC[C@H]2C(=O)N2CCOCC2)cc1. The number of carbonyl (C=O) groups is 1. The van der Waals surface area contributed by atoms with Crippen molar-refractivity contribution < 1.29 is 19.0 Å². The van der Waals surface area contributed by atoms with Gasteiger partial charge in [-0.05, 0) is 50.1 Å². The topological polar surface area (TPSA) is 51.2 Å². The largest absolute Gasteiger partial charge is 0.497 e. The number of morpholine rings is 1. The first kappa shape index (κ1) is 18.0. The van der Waals surface area contributed by atoms with E-state index in [4.69, 9.17) is 14.2 Å². The third kappa shape index (κ3) is 4.86. The average molecular weight is 348 g/mol. The number of carbonyl (C=O) groups excluding carboxylic acids is 1. The summed E-state index contributed by atoms with van der Waals surface area (Å²) in [4.78, 5) is 17.0. The molecule has 2 aliphatic rings. The zero-order valence-corrected chi connectivity index (χ0v) is 15.0. The molecule has 0 saturated carbocycles. The van der Waals surface area contributed by atoms with Crippen LogP contribution in [0.15, 0.2) is 24.3 Å². The standard InChI is InChI=1S/C19H28N2O4/c1-23-16-5-7-17(8-6-16)25-13-3-10-20-9-2-4-18(20)19(22)21-11-14-24-15-12-21/h5-8,18H,2-4,9-15H2,1H3/t18-/m0/s1. The second-order valence-electron chi connectivity index (χ2n) is 6.51. The molecule has 0 aliphatic carbocycles. The number of rotatable bonds is 7. The van der Waals surface area contributed by atoms with Crippen LogP contribution in [0, 0.1) is 0 Å². The van der Waals surface area contributed by atoms with Gasteiger partial charge in [-0.3, -0.25) is 9.69 Å². The summed E-state index contributed by atoms with van der Waals surface area (Å²) in [6.07, 6.45) is 2.98. The van der Waals surface area contributed by atoms with Gasteiger partial charge in [-0.15, -0.1) is 0 Å². The Bertz CT molecular complexity index is 543. The number of hydrogen-bond donors (Lipinski definition) is 0. The highest BCUT2D eigenvalue weighted by atomic mass is 16.5. The summed E-state index contributed by atoms with van der Waals surface area (Å²) < 4.78 is 16.3. The Morgan fingerprint density at radius 2 is 1.88 bits per heavy atom. The lowest BCUT2D eigenvalue weighted by molar-refractivity contribution is -0.140. The molecule has 1 amide bonds. The molecule has 138 valence electrons. The van der Waals surface area contributed by atoms with Gasteiger partial charge in [0.25, 0.3) is 0 Å². The first-order chi connectivity index (χ1) is 12.3. The molecule has 6 heteroatoms. The van der Waals surface area contributed by atoms with Crippen LogP contribution in [-0.2, 0) is 9.53 Å². The van der Waals surface area contributed by atoms with Gasteiger partial charge in [0.15, 0.2) is 0 Å². The first-order valence-corrected chi connectivity index (χ1v) is 9.15. The molecule has 2 saturated heterocycles. The Balaban J connectivity index is 1.41. The molecule has 2 heterocycles. The van der Waals surface area contributed by atoms with Gasteiger partial charge in [0.2, 0.25) is 5.91 Å². The number of nitrogens with zero attached hydrogens (tertiary/aromatic N) is 2. The lowest BCUT2D eigenvalue weighted by Crippen LogP contribution is -2.49. The first-order valence-electron chi connectivity index (χ1n) is 9.15. The maximum absolute atomic E-state index is 12.7. The van der Waals surface area contributed by atoms with Crippen LogP contribution < -0.4 is 9.47 Å². The number of ether oxygens (including phenoxy) is 3. The molecular weight excluding hydrogens is 320 g/mol. The van der Waals surface area contributed by atoms with Crippen LogP contribution >= 0.6 is 0 Å². The van der Waals surface area contributed by atoms with Crippen molar-refractivity contribution in [2.45, 2.75) is 25.3 Å². The van der Waals surface area contributed by atoms with E-state index in [-0.39, 0.29) is 11.9 Å². The van der Waals surface area contributed by atoms with E-state index in [0.29, 0.717) is 19.8 Å². The van der Waals surface area contributed by atoms with Crippen LogP contribution in [0.25, 0.3) is 0 Å². The van der Waals surface area contributed by atoms with E-state index in [0.717, 1.165) is 56.9 Å². The Morgan fingerprint density at radius 3 is 2.60 bits per heavy atom. The minimum absolute atomic E-state index is 0.0408. The van der Waals surface area contributed by atoms with Crippen LogP contribution in [0.5, 0.6) is 11.5 Å². The normalized spacial score (nSPS) is 21.3. The summed E-state index contributed by atoms with van der Waals surface area (Å²) in [5.41, 5.74) is 0. The number of benzene rings is 1. The van der Waals surface area contributed by atoms with Crippen LogP contribution in [0.4, 0.5) is 0 Å². The molecule has 1 aromatic carbocycles. The van der Waals surface area contributed by atoms with Crippen LogP contribution in [0.2, 0.25) is 0 Å². The maximum atomic E-state index is 12.7. The van der Waals surface area contributed by atoms with Crippen molar-refractivity contribution in [2.24, 2.45) is 0 Å². The van der Waals surface area contributed by atoms with Gasteiger partial charge >= 0.3 is 0 Å². The molecule has 1 aromatic rings. The number of likely N-dealkylation sites (tertiary alicyclic amines) is 1. The molecule has 0 bridgehead atoms. The minimum atomic E-state index is 0.0408. The number of amides is 1. The van der Waals surface area contributed by atoms with Gasteiger partial charge in [-0.1, -0.05) is 0 Å². The molecule has 3 rings (SSSR count). The van der Waals surface area contributed by atoms with E-state index in [9.17, 15) is 4.79 Å². The zero-order valence-electron chi connectivity index (χ0n) is 15.0. The molecule has 25 heavy (non-hydrogen) atoms. The van der Waals surface area contributed by atoms with Crippen molar-refractivity contribution in [3.63, 3.8) is 0 Å². The molecule has 1 atom stereocenters. The highest BCUT2D eigenvalue weighted by Gasteiger charge is 2.33. The fourth-order valence-corrected chi connectivity index (χ4v) is 3.50. The maximum Gasteiger partial charge on any atom is 0.240 e. The molecule has 0 N–H and O–H groups in total. The summed E-state index contributed by atoms with van der Waals surface area (Å²) in [7, 11) is 1.65. The van der Waals surface area contributed by atoms with E-state index in [1.807, 2.05) is 29.2 Å². The second kappa shape index (κ2) is 9.06. The molecular formula is C19H28N2O4. The third-order valence-electron chi connectivity index (χ3n) is 4.89. The van der Waals surface area contributed by atoms with Crippen molar-refractivity contribution >= 4 is 5.91 Å². The smallest absolute Gasteiger partial charge is 0.240 e. The number of hydrogen-bond acceptors (Lipinski definition) is 5. The van der Waals surface area contributed by atoms with Crippen molar-refractivity contribution in [2.75, 3.05) is 53.1 Å². The summed E-state index contributed by atoms with van der Waals surface area (Å²) in [6.45, 7) is 5.33. The Labute approximate surface area is 149 Å². The highest BCUT2D eigenvalue weighted by molar-refractivity contribution is 5.82. The van der Waals surface area contributed by atoms with Crippen LogP contribution in [0.3, 0.4) is 0 Å². The van der Waals surface area contributed by atoms with Gasteiger partial charge < -0.3 is 19.1 Å². The van der Waals surface area contributed by atoms with E-state index in [1.54, 1.807) is 7.11 Å². The van der Waals surface area contributed by atoms with Gasteiger partial charge in [0, 0.05) is 19.6 Å². The molecule has 0 spiro atoms. The fourth-order valence-electron chi connectivity index (χ4n) is 3.50. The average Bonchev–Trinajstić information content (AvgIpc) is 3.14. The van der Waals surface area contributed by atoms with E-state index in [1.165, 1.54) is 0 Å². The summed E-state index contributed by atoms with van der Waals surface area (Å²) in [6, 6.07) is 7.66. The lowest BCUT2D eigenvalue weighted by atomic mass is 10.2. The minimum Gasteiger partial charge on any atom is -0.497 e. The summed E-state index contributed by atoms with van der Waals surface area (Å²) in [5, 5.41) is 0. The predicted molar refractivity (Wildman–Crippen MR) is 95.1 cm³/mol. The van der Waals surface area contributed by atoms with Crippen molar-refractivity contribution in [1.29, 1.82) is 0 Å². The molecule has 2 fully saturated rings. The molecule has 2 aliphatic heterocycles. The van der Waals surface area contributed by atoms with Crippen LogP contribution in [0.1, 0.15) is 19.3 Å². The molecule has 0 unspecified atom stereocenters. The molecule has 0 aromatic heterocycles. The van der Waals surface area contributed by atoms with E-state index in [2.05, 4.69) is 4.90 Å². The predicted octanol–water partition coefficient (Wildman–Crippen LogP) is 1.79. The van der Waals surface area contributed by atoms with Gasteiger partial charge in [0.1, 0.15) is 11.5 Å². The zero-order chi connectivity index (χ0) is 17.5. The lowest BCUT2D eigenvalue weighted by Gasteiger charge is -2.32. The molecule has 6 nitrogen and oxygen atoms in total. The summed E-state index contributed by atoms with van der Waals surface area (Å²) >= 11 is 0. The Kier molecular flexibility index (Phi) is 6.53. The van der Waals surface area contributed by atoms with Crippen molar-refractivity contribution in [3.05, 3.63) is 24.3 Å². The van der Waals surface area contributed by atoms with Crippen molar-refractivity contribution in [3.8, 4) is 11.5 Å². The Hall–Kier alpha value is -1.79. The quantitative estimate of drug-likeness (QED) is 0.703.